The van der Waals surface area contributed by atoms with Crippen molar-refractivity contribution in [3.63, 3.8) is 0 Å². The van der Waals surface area contributed by atoms with E-state index in [-0.39, 0.29) is 23.9 Å². The third-order valence-electron chi connectivity index (χ3n) is 3.76. The molecular weight excluding hydrogens is 371 g/mol. The number of benzene rings is 2. The number of para-hydroxylation sites is 2. The van der Waals surface area contributed by atoms with Crippen LogP contribution in [0.5, 0.6) is 5.75 Å². The minimum absolute atomic E-state index is 0.0205. The molecule has 3 aromatic rings. The van der Waals surface area contributed by atoms with Gasteiger partial charge in [-0.2, -0.15) is 0 Å². The molecule has 0 saturated carbocycles. The first-order valence-corrected chi connectivity index (χ1v) is 8.87. The molecule has 138 valence electrons. The van der Waals surface area contributed by atoms with E-state index in [0.717, 1.165) is 10.4 Å². The van der Waals surface area contributed by atoms with E-state index in [4.69, 9.17) is 4.74 Å². The minimum Gasteiger partial charge on any atom is -0.477 e. The van der Waals surface area contributed by atoms with Gasteiger partial charge in [0.15, 0.2) is 12.4 Å². The van der Waals surface area contributed by atoms with Crippen molar-refractivity contribution < 1.29 is 18.8 Å². The average Bonchev–Trinajstić information content (AvgIpc) is 3.20. The maximum Gasteiger partial charge on any atom is 0.310 e. The second-order valence-electron chi connectivity index (χ2n) is 5.58. The van der Waals surface area contributed by atoms with Gasteiger partial charge in [0.2, 0.25) is 0 Å². The number of carbonyl (C=O) groups is 1. The second-order valence-corrected chi connectivity index (χ2v) is 6.56. The fraction of sp³-hybridized carbons (Fsp3) is 0.105. The lowest BCUT2D eigenvalue weighted by Crippen LogP contribution is -2.33. The van der Waals surface area contributed by atoms with Crippen LogP contribution in [0.3, 0.4) is 0 Å². The van der Waals surface area contributed by atoms with Crippen LogP contribution in [0, 0.1) is 15.9 Å². The first kappa shape index (κ1) is 18.5. The van der Waals surface area contributed by atoms with E-state index < -0.39 is 16.9 Å². The Morgan fingerprint density at radius 2 is 1.89 bits per heavy atom. The quantitative estimate of drug-likeness (QED) is 0.490. The lowest BCUT2D eigenvalue weighted by Gasteiger charge is -2.18. The van der Waals surface area contributed by atoms with Crippen LogP contribution in [-0.4, -0.2) is 17.4 Å². The number of nitro benzene ring substituents is 1. The predicted octanol–water partition coefficient (Wildman–Crippen LogP) is 4.08. The van der Waals surface area contributed by atoms with Gasteiger partial charge in [-0.15, -0.1) is 11.3 Å². The highest BCUT2D eigenvalue weighted by atomic mass is 32.1. The number of hydrogen-bond donors (Lipinski definition) is 1. The molecule has 0 bridgehead atoms. The van der Waals surface area contributed by atoms with Gasteiger partial charge in [-0.1, -0.05) is 30.3 Å². The lowest BCUT2D eigenvalue weighted by atomic mass is 10.1. The van der Waals surface area contributed by atoms with E-state index >= 15 is 0 Å². The first-order chi connectivity index (χ1) is 13.0. The van der Waals surface area contributed by atoms with Gasteiger partial charge < -0.3 is 10.1 Å². The molecule has 1 atom stereocenters. The van der Waals surface area contributed by atoms with Gasteiger partial charge in [0.25, 0.3) is 5.91 Å². The van der Waals surface area contributed by atoms with Crippen molar-refractivity contribution in [2.75, 3.05) is 6.61 Å². The number of carbonyl (C=O) groups excluding carboxylic acids is 1. The van der Waals surface area contributed by atoms with E-state index in [9.17, 15) is 19.3 Å². The fourth-order valence-corrected chi connectivity index (χ4v) is 3.31. The van der Waals surface area contributed by atoms with Gasteiger partial charge in [-0.05, 0) is 35.2 Å². The van der Waals surface area contributed by atoms with Crippen LogP contribution in [0.4, 0.5) is 10.1 Å². The number of thiophene rings is 1. The summed E-state index contributed by atoms with van der Waals surface area (Å²) in [7, 11) is 0. The Labute approximate surface area is 158 Å². The van der Waals surface area contributed by atoms with Crippen LogP contribution in [0.1, 0.15) is 16.5 Å². The molecule has 0 fully saturated rings. The van der Waals surface area contributed by atoms with Crippen molar-refractivity contribution in [1.29, 1.82) is 0 Å². The van der Waals surface area contributed by atoms with Gasteiger partial charge in [0.05, 0.1) is 11.0 Å². The van der Waals surface area contributed by atoms with Crippen molar-refractivity contribution in [1.82, 2.24) is 5.32 Å². The van der Waals surface area contributed by atoms with Crippen molar-refractivity contribution in [3.8, 4) is 5.75 Å². The third kappa shape index (κ3) is 4.68. The van der Waals surface area contributed by atoms with Crippen LogP contribution in [0.2, 0.25) is 0 Å². The second kappa shape index (κ2) is 8.41. The maximum atomic E-state index is 13.2. The predicted molar refractivity (Wildman–Crippen MR) is 99.3 cm³/mol. The van der Waals surface area contributed by atoms with Crippen LogP contribution in [0.15, 0.2) is 66.0 Å². The fourth-order valence-electron chi connectivity index (χ4n) is 2.51. The topological polar surface area (TPSA) is 81.5 Å². The number of halogens is 1. The Kier molecular flexibility index (Phi) is 5.77. The van der Waals surface area contributed by atoms with Crippen molar-refractivity contribution in [2.45, 2.75) is 6.04 Å². The zero-order valence-corrected chi connectivity index (χ0v) is 14.8. The Balaban J connectivity index is 1.72. The minimum atomic E-state index is -0.569. The van der Waals surface area contributed by atoms with Gasteiger partial charge in [0.1, 0.15) is 5.82 Å². The monoisotopic (exact) mass is 386 g/mol. The summed E-state index contributed by atoms with van der Waals surface area (Å²) in [4.78, 5) is 23.7. The summed E-state index contributed by atoms with van der Waals surface area (Å²) in [5.41, 5.74) is 0.511. The largest absolute Gasteiger partial charge is 0.477 e. The van der Waals surface area contributed by atoms with E-state index in [1.54, 1.807) is 18.2 Å². The van der Waals surface area contributed by atoms with Crippen LogP contribution in [-0.2, 0) is 4.79 Å². The Morgan fingerprint density at radius 3 is 2.56 bits per heavy atom. The molecule has 1 amide bonds. The molecule has 0 unspecified atom stereocenters. The number of ether oxygens (including phenoxy) is 1. The van der Waals surface area contributed by atoms with E-state index in [1.807, 2.05) is 17.5 Å². The summed E-state index contributed by atoms with van der Waals surface area (Å²) < 4.78 is 18.5. The van der Waals surface area contributed by atoms with Crippen molar-refractivity contribution in [3.05, 3.63) is 92.4 Å². The molecule has 6 nitrogen and oxygen atoms in total. The molecule has 0 aliphatic carbocycles. The number of nitro groups is 1. The molecule has 3 rings (SSSR count). The first-order valence-electron chi connectivity index (χ1n) is 7.99. The maximum absolute atomic E-state index is 13.2. The molecule has 1 aromatic heterocycles. The van der Waals surface area contributed by atoms with Crippen molar-refractivity contribution >= 4 is 22.9 Å². The number of nitrogens with one attached hydrogen (secondary N) is 1. The zero-order valence-electron chi connectivity index (χ0n) is 14.0. The zero-order chi connectivity index (χ0) is 19.2. The van der Waals surface area contributed by atoms with Crippen LogP contribution >= 0.6 is 11.3 Å². The molecule has 2 aromatic carbocycles. The molecule has 1 N–H and O–H groups in total. The van der Waals surface area contributed by atoms with E-state index in [0.29, 0.717) is 0 Å². The summed E-state index contributed by atoms with van der Waals surface area (Å²) in [6.07, 6.45) is 0. The highest BCUT2D eigenvalue weighted by Gasteiger charge is 2.20. The molecule has 1 heterocycles. The summed E-state index contributed by atoms with van der Waals surface area (Å²) >= 11 is 1.45. The number of rotatable bonds is 7. The molecule has 27 heavy (non-hydrogen) atoms. The SMILES string of the molecule is O=C(COc1ccccc1[N+](=O)[O-])N[C@H](c1ccc(F)cc1)c1cccs1. The lowest BCUT2D eigenvalue weighted by molar-refractivity contribution is -0.385. The Hall–Kier alpha value is -3.26. The third-order valence-corrected chi connectivity index (χ3v) is 4.69. The van der Waals surface area contributed by atoms with Crippen LogP contribution < -0.4 is 10.1 Å². The number of hydrogen-bond acceptors (Lipinski definition) is 5. The summed E-state index contributed by atoms with van der Waals surface area (Å²) in [5, 5.41) is 15.7. The van der Waals surface area contributed by atoms with E-state index in [2.05, 4.69) is 5.32 Å². The molecule has 0 aliphatic rings. The van der Waals surface area contributed by atoms with Crippen LogP contribution in [0.25, 0.3) is 0 Å². The summed E-state index contributed by atoms with van der Waals surface area (Å²) in [6.45, 7) is -0.381. The molecule has 0 aliphatic heterocycles. The molecule has 8 heteroatoms. The summed E-state index contributed by atoms with van der Waals surface area (Å²) in [5.74, 6) is -0.794. The summed E-state index contributed by atoms with van der Waals surface area (Å²) in [6, 6.07) is 15.0. The molecular formula is C19H15FN2O4S. The standard InChI is InChI=1S/C19H15FN2O4S/c20-14-9-7-13(8-10-14)19(17-6-3-11-27-17)21-18(23)12-26-16-5-2-1-4-15(16)22(24)25/h1-11,19H,12H2,(H,21,23)/t19-/m1/s1. The average molecular weight is 386 g/mol. The highest BCUT2D eigenvalue weighted by Crippen LogP contribution is 2.27. The smallest absolute Gasteiger partial charge is 0.310 e. The molecule has 0 spiro atoms. The number of nitrogens with zero attached hydrogens (tertiary/aromatic N) is 1. The van der Waals surface area contributed by atoms with Gasteiger partial charge >= 0.3 is 5.69 Å². The van der Waals surface area contributed by atoms with Crippen molar-refractivity contribution in [2.24, 2.45) is 0 Å². The molecule has 0 radical (unpaired) electrons. The highest BCUT2D eigenvalue weighted by molar-refractivity contribution is 7.10. The molecule has 0 saturated heterocycles. The van der Waals surface area contributed by atoms with Gasteiger partial charge in [0, 0.05) is 10.9 Å². The van der Waals surface area contributed by atoms with Gasteiger partial charge in [-0.3, -0.25) is 14.9 Å². The van der Waals surface area contributed by atoms with Gasteiger partial charge in [-0.25, -0.2) is 4.39 Å². The number of amides is 1. The normalized spacial score (nSPS) is 11.6. The Morgan fingerprint density at radius 1 is 1.15 bits per heavy atom. The Bertz CT molecular complexity index is 929. The van der Waals surface area contributed by atoms with E-state index in [1.165, 1.54) is 41.7 Å².